The van der Waals surface area contributed by atoms with E-state index in [1.165, 1.54) is 7.11 Å². The number of carbonyl (C=O) groups excluding carboxylic acids is 1. The van der Waals surface area contributed by atoms with Crippen LogP contribution in [0.15, 0.2) is 30.3 Å². The number of hydrogen-bond donors (Lipinski definition) is 1. The highest BCUT2D eigenvalue weighted by molar-refractivity contribution is 5.77. The molecule has 1 aliphatic rings. The highest BCUT2D eigenvalue weighted by atomic mass is 16.6. The van der Waals surface area contributed by atoms with Crippen molar-refractivity contribution in [2.75, 3.05) is 7.11 Å². The molecule has 0 aromatic heterocycles. The van der Waals surface area contributed by atoms with Crippen molar-refractivity contribution in [3.05, 3.63) is 46.0 Å². The van der Waals surface area contributed by atoms with Crippen molar-refractivity contribution in [1.82, 2.24) is 5.32 Å². The number of ether oxygens (including phenoxy) is 2. The summed E-state index contributed by atoms with van der Waals surface area (Å²) in [6.45, 7) is 8.85. The summed E-state index contributed by atoms with van der Waals surface area (Å²) >= 11 is 0. The highest BCUT2D eigenvalue weighted by Gasteiger charge is 2.60. The maximum atomic E-state index is 12.8. The molecule has 0 radical (unpaired) electrons. The Hall–Kier alpha value is -1.99. The molecule has 1 heterocycles. The van der Waals surface area contributed by atoms with Gasteiger partial charge in [0.25, 0.3) is 0 Å². The molecule has 1 fully saturated rings. The van der Waals surface area contributed by atoms with E-state index in [2.05, 4.69) is 5.32 Å². The van der Waals surface area contributed by atoms with Crippen LogP contribution < -0.4 is 5.32 Å². The zero-order valence-corrected chi connectivity index (χ0v) is 16.2. The SMILES string of the molecule is COC(C)(C)[C@H]1[C@H]([N+](=O)[O-])[C@H](c2ccccc2)N[C@@H]1C(=O)OC(C)(C)C. The zero-order chi connectivity index (χ0) is 19.7. The second-order valence-corrected chi connectivity index (χ2v) is 8.18. The Morgan fingerprint density at radius 1 is 1.15 bits per heavy atom. The van der Waals surface area contributed by atoms with E-state index in [1.807, 2.05) is 30.3 Å². The van der Waals surface area contributed by atoms with Gasteiger partial charge >= 0.3 is 5.97 Å². The smallest absolute Gasteiger partial charge is 0.324 e. The summed E-state index contributed by atoms with van der Waals surface area (Å²) < 4.78 is 11.1. The summed E-state index contributed by atoms with van der Waals surface area (Å²) in [7, 11) is 1.50. The Balaban J connectivity index is 2.48. The Labute approximate surface area is 154 Å². The first kappa shape index (κ1) is 20.3. The molecule has 144 valence electrons. The lowest BCUT2D eigenvalue weighted by molar-refractivity contribution is -0.536. The van der Waals surface area contributed by atoms with Crippen LogP contribution in [0.2, 0.25) is 0 Å². The monoisotopic (exact) mass is 364 g/mol. The molecule has 4 atom stereocenters. The lowest BCUT2D eigenvalue weighted by atomic mass is 9.79. The van der Waals surface area contributed by atoms with Crippen molar-refractivity contribution in [1.29, 1.82) is 0 Å². The largest absolute Gasteiger partial charge is 0.459 e. The lowest BCUT2D eigenvalue weighted by Gasteiger charge is -2.34. The first-order valence-corrected chi connectivity index (χ1v) is 8.70. The number of nitro groups is 1. The second-order valence-electron chi connectivity index (χ2n) is 8.18. The third-order valence-corrected chi connectivity index (χ3v) is 4.82. The van der Waals surface area contributed by atoms with Crippen LogP contribution in [-0.2, 0) is 14.3 Å². The van der Waals surface area contributed by atoms with Crippen molar-refractivity contribution < 1.29 is 19.2 Å². The van der Waals surface area contributed by atoms with Crippen LogP contribution in [0.25, 0.3) is 0 Å². The molecule has 1 saturated heterocycles. The van der Waals surface area contributed by atoms with E-state index in [4.69, 9.17) is 9.47 Å². The number of rotatable bonds is 5. The number of nitrogens with one attached hydrogen (secondary N) is 1. The maximum absolute atomic E-state index is 12.8. The number of esters is 1. The van der Waals surface area contributed by atoms with Gasteiger partial charge in [0.15, 0.2) is 0 Å². The van der Waals surface area contributed by atoms with Gasteiger partial charge in [-0.2, -0.15) is 0 Å². The van der Waals surface area contributed by atoms with Gasteiger partial charge in [-0.05, 0) is 40.2 Å². The van der Waals surface area contributed by atoms with Crippen LogP contribution in [0.5, 0.6) is 0 Å². The Morgan fingerprint density at radius 3 is 2.19 bits per heavy atom. The first-order chi connectivity index (χ1) is 12.0. The van der Waals surface area contributed by atoms with Gasteiger partial charge in [0.1, 0.15) is 17.7 Å². The van der Waals surface area contributed by atoms with Gasteiger partial charge in [0, 0.05) is 12.0 Å². The van der Waals surface area contributed by atoms with Crippen molar-refractivity contribution in [2.24, 2.45) is 5.92 Å². The molecule has 2 rings (SSSR count). The molecule has 1 aromatic rings. The van der Waals surface area contributed by atoms with E-state index in [9.17, 15) is 14.9 Å². The molecule has 0 unspecified atom stereocenters. The van der Waals surface area contributed by atoms with Crippen molar-refractivity contribution >= 4 is 5.97 Å². The van der Waals surface area contributed by atoms with Crippen LogP contribution in [0.4, 0.5) is 0 Å². The van der Waals surface area contributed by atoms with Gasteiger partial charge in [-0.1, -0.05) is 30.3 Å². The average molecular weight is 364 g/mol. The minimum atomic E-state index is -1.02. The average Bonchev–Trinajstić information content (AvgIpc) is 2.96. The van der Waals surface area contributed by atoms with E-state index in [0.29, 0.717) is 0 Å². The Morgan fingerprint density at radius 2 is 1.73 bits per heavy atom. The van der Waals surface area contributed by atoms with E-state index in [-0.39, 0.29) is 4.92 Å². The predicted octanol–water partition coefficient (Wildman–Crippen LogP) is 2.73. The normalized spacial score (nSPS) is 26.5. The first-order valence-electron chi connectivity index (χ1n) is 8.70. The summed E-state index contributed by atoms with van der Waals surface area (Å²) in [5.74, 6) is -1.19. The fourth-order valence-electron chi connectivity index (χ4n) is 3.54. The predicted molar refractivity (Wildman–Crippen MR) is 97.3 cm³/mol. The summed E-state index contributed by atoms with van der Waals surface area (Å²) in [6, 6.07) is 6.67. The molecular weight excluding hydrogens is 336 g/mol. The molecule has 26 heavy (non-hydrogen) atoms. The Bertz CT molecular complexity index is 654. The van der Waals surface area contributed by atoms with E-state index in [1.54, 1.807) is 34.6 Å². The summed E-state index contributed by atoms with van der Waals surface area (Å²) in [5, 5.41) is 15.1. The van der Waals surface area contributed by atoms with Gasteiger partial charge in [-0.15, -0.1) is 0 Å². The zero-order valence-electron chi connectivity index (χ0n) is 16.2. The van der Waals surface area contributed by atoms with E-state index < -0.39 is 41.2 Å². The van der Waals surface area contributed by atoms with Crippen LogP contribution in [0.3, 0.4) is 0 Å². The summed E-state index contributed by atoms with van der Waals surface area (Å²) in [4.78, 5) is 24.5. The quantitative estimate of drug-likeness (QED) is 0.491. The minimum Gasteiger partial charge on any atom is -0.459 e. The third kappa shape index (κ3) is 4.22. The minimum absolute atomic E-state index is 0.319. The van der Waals surface area contributed by atoms with Gasteiger partial charge < -0.3 is 9.47 Å². The molecule has 1 aliphatic heterocycles. The summed E-state index contributed by atoms with van der Waals surface area (Å²) in [5.41, 5.74) is -0.817. The fraction of sp³-hybridized carbons (Fsp3) is 0.632. The molecule has 0 bridgehead atoms. The van der Waals surface area contributed by atoms with E-state index in [0.717, 1.165) is 5.56 Å². The van der Waals surface area contributed by atoms with Crippen LogP contribution >= 0.6 is 0 Å². The number of benzene rings is 1. The molecule has 0 amide bonds. The number of hydrogen-bond acceptors (Lipinski definition) is 6. The molecule has 1 aromatic carbocycles. The molecule has 0 aliphatic carbocycles. The van der Waals surface area contributed by atoms with E-state index >= 15 is 0 Å². The van der Waals surface area contributed by atoms with Gasteiger partial charge in [-0.3, -0.25) is 20.2 Å². The van der Waals surface area contributed by atoms with Crippen LogP contribution in [0.1, 0.15) is 46.2 Å². The molecule has 1 N–H and O–H groups in total. The lowest BCUT2D eigenvalue weighted by Crippen LogP contribution is -2.51. The third-order valence-electron chi connectivity index (χ3n) is 4.82. The number of carbonyl (C=O) groups is 1. The number of methoxy groups -OCH3 is 1. The van der Waals surface area contributed by atoms with Gasteiger partial charge in [0.05, 0.1) is 11.5 Å². The van der Waals surface area contributed by atoms with Crippen LogP contribution in [0, 0.1) is 16.0 Å². The fourth-order valence-corrected chi connectivity index (χ4v) is 3.54. The molecule has 7 nitrogen and oxygen atoms in total. The van der Waals surface area contributed by atoms with Crippen molar-refractivity contribution in [2.45, 2.75) is 63.9 Å². The van der Waals surface area contributed by atoms with Crippen molar-refractivity contribution in [3.63, 3.8) is 0 Å². The van der Waals surface area contributed by atoms with Crippen molar-refractivity contribution in [3.8, 4) is 0 Å². The summed E-state index contributed by atoms with van der Waals surface area (Å²) in [6.07, 6.45) is 0. The molecule has 0 spiro atoms. The van der Waals surface area contributed by atoms with Gasteiger partial charge in [0.2, 0.25) is 6.04 Å². The molecule has 7 heteroatoms. The molecular formula is C19H28N2O5. The maximum Gasteiger partial charge on any atom is 0.324 e. The van der Waals surface area contributed by atoms with Crippen LogP contribution in [-0.4, -0.2) is 41.3 Å². The number of nitrogens with zero attached hydrogens (tertiary/aromatic N) is 1. The Kier molecular flexibility index (Phi) is 5.73. The highest BCUT2D eigenvalue weighted by Crippen LogP contribution is 2.41. The second kappa shape index (κ2) is 7.32. The molecule has 0 saturated carbocycles. The topological polar surface area (TPSA) is 90.7 Å². The van der Waals surface area contributed by atoms with Gasteiger partial charge in [-0.25, -0.2) is 0 Å². The standard InChI is InChI=1S/C19H28N2O5/c1-18(2,3)26-17(22)15-13(19(4,5)25-6)16(21(23)24)14(20-15)12-10-8-7-9-11-12/h7-11,13-16,20H,1-6H3/t13-,14+,15+,16+/m1/s1.